The van der Waals surface area contributed by atoms with Crippen LogP contribution in [0, 0.1) is 0 Å². The van der Waals surface area contributed by atoms with E-state index in [1.807, 2.05) is 22.8 Å². The Morgan fingerprint density at radius 3 is 2.56 bits per heavy atom. The number of carbonyl (C=O) groups excluding carboxylic acids is 1. The number of amides is 1. The van der Waals surface area contributed by atoms with Crippen LogP contribution in [-0.2, 0) is 11.3 Å². The van der Waals surface area contributed by atoms with E-state index in [1.54, 1.807) is 44.3 Å². The number of methoxy groups -OCH3 is 1. The molecule has 0 spiro atoms. The van der Waals surface area contributed by atoms with E-state index in [1.165, 1.54) is 6.42 Å². The summed E-state index contributed by atoms with van der Waals surface area (Å²) in [5.41, 5.74) is 3.71. The number of aromatic carboxylic acids is 1. The summed E-state index contributed by atoms with van der Waals surface area (Å²) < 4.78 is 7.31. The lowest BCUT2D eigenvalue weighted by molar-refractivity contribution is -0.129. The number of hydrogen-bond donors (Lipinski definition) is 1. The van der Waals surface area contributed by atoms with Gasteiger partial charge in [-0.05, 0) is 42.5 Å². The lowest BCUT2D eigenvalue weighted by Crippen LogP contribution is -2.26. The average Bonchev–Trinajstić information content (AvgIpc) is 3.12. The third-order valence-corrected chi connectivity index (χ3v) is 6.33. The molecule has 168 valence electrons. The van der Waals surface area contributed by atoms with Gasteiger partial charge in [0.15, 0.2) is 0 Å². The molecule has 4 rings (SSSR count). The fourth-order valence-corrected chi connectivity index (χ4v) is 4.69. The Hall–Kier alpha value is -3.35. The largest absolute Gasteiger partial charge is 0.481 e. The molecule has 0 aliphatic heterocycles. The van der Waals surface area contributed by atoms with Gasteiger partial charge in [-0.25, -0.2) is 9.78 Å². The van der Waals surface area contributed by atoms with Crippen LogP contribution in [-0.4, -0.2) is 52.6 Å². The van der Waals surface area contributed by atoms with E-state index in [0.717, 1.165) is 53.5 Å². The van der Waals surface area contributed by atoms with Crippen molar-refractivity contribution in [2.45, 2.75) is 44.6 Å². The first-order valence-electron chi connectivity index (χ1n) is 11.0. The Labute approximate surface area is 187 Å². The number of fused-ring (bicyclic) bond motifs is 1. The quantitative estimate of drug-likeness (QED) is 0.614. The van der Waals surface area contributed by atoms with Crippen LogP contribution in [0.25, 0.3) is 22.3 Å². The minimum atomic E-state index is -0.987. The summed E-state index contributed by atoms with van der Waals surface area (Å²) in [6.07, 6.45) is 5.68. The average molecular weight is 436 g/mol. The monoisotopic (exact) mass is 435 g/mol. The molecular weight excluding hydrogens is 406 g/mol. The fourth-order valence-electron chi connectivity index (χ4n) is 4.69. The van der Waals surface area contributed by atoms with Crippen molar-refractivity contribution in [1.29, 1.82) is 0 Å². The van der Waals surface area contributed by atoms with Crippen molar-refractivity contribution < 1.29 is 19.4 Å². The highest BCUT2D eigenvalue weighted by Gasteiger charge is 2.28. The van der Waals surface area contributed by atoms with Gasteiger partial charge in [0.05, 0.1) is 29.6 Å². The molecule has 1 N–H and O–H groups in total. The highest BCUT2D eigenvalue weighted by molar-refractivity contribution is 5.98. The molecule has 1 aromatic carbocycles. The zero-order chi connectivity index (χ0) is 22.8. The van der Waals surface area contributed by atoms with Crippen LogP contribution < -0.4 is 4.74 Å². The number of aromatic nitrogens is 2. The second kappa shape index (κ2) is 9.02. The highest BCUT2D eigenvalue weighted by Crippen LogP contribution is 2.44. The van der Waals surface area contributed by atoms with Gasteiger partial charge >= 0.3 is 5.97 Å². The minimum absolute atomic E-state index is 0.0676. The van der Waals surface area contributed by atoms with Crippen LogP contribution >= 0.6 is 0 Å². The first-order chi connectivity index (χ1) is 15.4. The topological polar surface area (TPSA) is 84.7 Å². The standard InChI is InChI=1S/C25H29N3O4/c1-27(2)22(29)15-28-20-14-17(25(30)31)12-13-18(20)23(16-8-5-4-6-9-16)24(28)19-10-7-11-21(26-19)32-3/h7,10-14,16H,4-6,8-9,15H2,1-3H3,(H,30,31). The molecule has 3 aromatic rings. The van der Waals surface area contributed by atoms with Crippen LogP contribution in [0.15, 0.2) is 36.4 Å². The van der Waals surface area contributed by atoms with Crippen LogP contribution in [0.5, 0.6) is 5.88 Å². The van der Waals surface area contributed by atoms with Crippen molar-refractivity contribution in [3.05, 3.63) is 47.5 Å². The van der Waals surface area contributed by atoms with E-state index < -0.39 is 5.97 Å². The first-order valence-corrected chi connectivity index (χ1v) is 11.0. The number of ether oxygens (including phenoxy) is 1. The minimum Gasteiger partial charge on any atom is -0.481 e. The molecule has 0 bridgehead atoms. The van der Waals surface area contributed by atoms with Crippen LogP contribution in [0.4, 0.5) is 0 Å². The zero-order valence-corrected chi connectivity index (χ0v) is 18.8. The molecule has 7 nitrogen and oxygen atoms in total. The van der Waals surface area contributed by atoms with Gasteiger partial charge in [-0.1, -0.05) is 31.4 Å². The molecule has 1 aliphatic rings. The maximum atomic E-state index is 12.8. The number of hydrogen-bond acceptors (Lipinski definition) is 4. The molecule has 7 heteroatoms. The van der Waals surface area contributed by atoms with Crippen LogP contribution in [0.1, 0.15) is 53.9 Å². The number of rotatable bonds is 6. The van der Waals surface area contributed by atoms with Gasteiger partial charge in [0, 0.05) is 25.5 Å². The normalized spacial score (nSPS) is 14.5. The van der Waals surface area contributed by atoms with Crippen LogP contribution in [0.3, 0.4) is 0 Å². The molecule has 1 saturated carbocycles. The third kappa shape index (κ3) is 4.07. The molecule has 1 aliphatic carbocycles. The summed E-state index contributed by atoms with van der Waals surface area (Å²) in [6, 6.07) is 10.8. The maximum absolute atomic E-state index is 12.8. The molecule has 0 saturated heterocycles. The Morgan fingerprint density at radius 2 is 1.91 bits per heavy atom. The number of likely N-dealkylation sites (N-methyl/N-ethyl adjacent to an activating group) is 1. The van der Waals surface area contributed by atoms with Gasteiger partial charge in [-0.2, -0.15) is 0 Å². The summed E-state index contributed by atoms with van der Waals surface area (Å²) in [5, 5.41) is 10.6. The van der Waals surface area contributed by atoms with Gasteiger partial charge in [0.2, 0.25) is 11.8 Å². The molecule has 2 aromatic heterocycles. The van der Waals surface area contributed by atoms with Crippen LogP contribution in [0.2, 0.25) is 0 Å². The molecule has 0 unspecified atom stereocenters. The summed E-state index contributed by atoms with van der Waals surface area (Å²) >= 11 is 0. The Bertz CT molecular complexity index is 1160. The highest BCUT2D eigenvalue weighted by atomic mass is 16.5. The molecule has 0 atom stereocenters. The summed E-state index contributed by atoms with van der Waals surface area (Å²) in [6.45, 7) is 0.105. The Morgan fingerprint density at radius 1 is 1.16 bits per heavy atom. The van der Waals surface area contributed by atoms with Gasteiger partial charge in [-0.15, -0.1) is 0 Å². The van der Waals surface area contributed by atoms with Gasteiger partial charge in [0.1, 0.15) is 6.54 Å². The first kappa shape index (κ1) is 21.9. The molecule has 32 heavy (non-hydrogen) atoms. The predicted molar refractivity (Wildman–Crippen MR) is 123 cm³/mol. The second-order valence-corrected chi connectivity index (χ2v) is 8.57. The van der Waals surface area contributed by atoms with Gasteiger partial charge in [0.25, 0.3) is 0 Å². The van der Waals surface area contributed by atoms with E-state index in [9.17, 15) is 14.7 Å². The number of nitrogens with zero attached hydrogens (tertiary/aromatic N) is 3. The predicted octanol–water partition coefficient (Wildman–Crippen LogP) is 4.55. The SMILES string of the molecule is COc1cccc(-c2c(C3CCCCC3)c3ccc(C(=O)O)cc3n2CC(=O)N(C)C)n1. The fraction of sp³-hybridized carbons (Fsp3) is 0.400. The van der Waals surface area contributed by atoms with E-state index in [4.69, 9.17) is 9.72 Å². The van der Waals surface area contributed by atoms with Crippen molar-refractivity contribution in [1.82, 2.24) is 14.5 Å². The van der Waals surface area contributed by atoms with Gasteiger partial charge < -0.3 is 19.3 Å². The summed E-state index contributed by atoms with van der Waals surface area (Å²) in [4.78, 5) is 30.8. The van der Waals surface area contributed by atoms with E-state index >= 15 is 0 Å². The van der Waals surface area contributed by atoms with Crippen molar-refractivity contribution in [2.24, 2.45) is 0 Å². The molecular formula is C25H29N3O4. The molecule has 0 radical (unpaired) electrons. The van der Waals surface area contributed by atoms with E-state index in [-0.39, 0.29) is 18.0 Å². The number of benzene rings is 1. The maximum Gasteiger partial charge on any atom is 0.335 e. The van der Waals surface area contributed by atoms with Crippen molar-refractivity contribution >= 4 is 22.8 Å². The lowest BCUT2D eigenvalue weighted by Gasteiger charge is -2.23. The van der Waals surface area contributed by atoms with Gasteiger partial charge in [-0.3, -0.25) is 4.79 Å². The smallest absolute Gasteiger partial charge is 0.335 e. The number of pyridine rings is 1. The number of carboxylic acids is 1. The third-order valence-electron chi connectivity index (χ3n) is 6.33. The zero-order valence-electron chi connectivity index (χ0n) is 18.8. The second-order valence-electron chi connectivity index (χ2n) is 8.57. The van der Waals surface area contributed by atoms with E-state index in [2.05, 4.69) is 0 Å². The van der Waals surface area contributed by atoms with Crippen molar-refractivity contribution in [3.63, 3.8) is 0 Å². The summed E-state index contributed by atoms with van der Waals surface area (Å²) in [7, 11) is 5.03. The Kier molecular flexibility index (Phi) is 6.17. The van der Waals surface area contributed by atoms with Crippen molar-refractivity contribution in [3.8, 4) is 17.3 Å². The molecule has 1 amide bonds. The Balaban J connectivity index is 2.05. The number of carbonyl (C=O) groups is 2. The molecule has 1 fully saturated rings. The van der Waals surface area contributed by atoms with E-state index in [0.29, 0.717) is 11.8 Å². The van der Waals surface area contributed by atoms with Crippen molar-refractivity contribution in [2.75, 3.05) is 21.2 Å². The summed E-state index contributed by atoms with van der Waals surface area (Å²) in [5.74, 6) is -0.222. The molecule has 2 heterocycles. The lowest BCUT2D eigenvalue weighted by atomic mass is 9.82. The number of carboxylic acid groups (broad SMARTS) is 1.